The van der Waals surface area contributed by atoms with E-state index in [9.17, 15) is 14.0 Å². The number of amides is 2. The minimum absolute atomic E-state index is 0.0519. The Bertz CT molecular complexity index is 650. The highest BCUT2D eigenvalue weighted by molar-refractivity contribution is 6.03. The minimum atomic E-state index is -1.36. The zero-order valence-corrected chi connectivity index (χ0v) is 9.87. The molecule has 0 aliphatic carbocycles. The van der Waals surface area contributed by atoms with Gasteiger partial charge in [0, 0.05) is 0 Å². The lowest BCUT2D eigenvalue weighted by Gasteiger charge is -2.08. The van der Waals surface area contributed by atoms with Gasteiger partial charge in [-0.25, -0.2) is 19.0 Å². The number of anilines is 2. The Labute approximate surface area is 111 Å². The van der Waals surface area contributed by atoms with Crippen LogP contribution in [0, 0.1) is 5.82 Å². The van der Waals surface area contributed by atoms with Crippen molar-refractivity contribution in [3.8, 4) is 0 Å². The first kappa shape index (κ1) is 13.3. The smallest absolute Gasteiger partial charge is 0.337 e. The fraction of sp³-hybridized carbons (Fsp3) is 0. The lowest BCUT2D eigenvalue weighted by atomic mass is 10.2. The van der Waals surface area contributed by atoms with Crippen LogP contribution in [0.15, 0.2) is 30.6 Å². The molecule has 2 aromatic rings. The molecule has 0 saturated carbocycles. The second-order valence-electron chi connectivity index (χ2n) is 3.54. The Morgan fingerprint density at radius 1 is 1.20 bits per heavy atom. The van der Waals surface area contributed by atoms with E-state index in [0.29, 0.717) is 0 Å². The first-order valence-electron chi connectivity index (χ1n) is 5.31. The predicted octanol–water partition coefficient (Wildman–Crippen LogP) is 1.35. The molecule has 0 aliphatic heterocycles. The van der Waals surface area contributed by atoms with Crippen molar-refractivity contribution in [3.63, 3.8) is 0 Å². The number of nitrogens with zero attached hydrogens (tertiary/aromatic N) is 3. The third kappa shape index (κ3) is 3.22. The highest BCUT2D eigenvalue weighted by Crippen LogP contribution is 2.17. The highest BCUT2D eigenvalue weighted by atomic mass is 19.1. The van der Waals surface area contributed by atoms with Gasteiger partial charge in [0.05, 0.1) is 23.6 Å². The van der Waals surface area contributed by atoms with E-state index in [2.05, 4.69) is 25.8 Å². The SMILES string of the molecule is O=C(Nc1nccnn1)Nc1ccc(F)cc1C(=O)O. The summed E-state index contributed by atoms with van der Waals surface area (Å²) < 4.78 is 13.0. The molecule has 1 aromatic heterocycles. The number of aromatic nitrogens is 3. The van der Waals surface area contributed by atoms with Crippen molar-refractivity contribution in [1.29, 1.82) is 0 Å². The van der Waals surface area contributed by atoms with E-state index < -0.39 is 17.8 Å². The number of urea groups is 1. The average Bonchev–Trinajstić information content (AvgIpc) is 2.41. The molecule has 1 aromatic carbocycles. The van der Waals surface area contributed by atoms with Crippen LogP contribution in [-0.2, 0) is 0 Å². The molecule has 2 rings (SSSR count). The summed E-state index contributed by atoms with van der Waals surface area (Å²) in [6, 6.07) is 2.20. The van der Waals surface area contributed by atoms with Crippen LogP contribution < -0.4 is 10.6 Å². The number of carbonyl (C=O) groups excluding carboxylic acids is 1. The number of carbonyl (C=O) groups is 2. The lowest BCUT2D eigenvalue weighted by molar-refractivity contribution is 0.0697. The normalized spacial score (nSPS) is 9.85. The average molecular weight is 277 g/mol. The summed E-state index contributed by atoms with van der Waals surface area (Å²) in [7, 11) is 0. The number of carboxylic acids is 1. The number of halogens is 1. The van der Waals surface area contributed by atoms with Crippen LogP contribution >= 0.6 is 0 Å². The third-order valence-corrected chi connectivity index (χ3v) is 2.17. The van der Waals surface area contributed by atoms with E-state index >= 15 is 0 Å². The van der Waals surface area contributed by atoms with Crippen molar-refractivity contribution in [2.45, 2.75) is 0 Å². The zero-order chi connectivity index (χ0) is 14.5. The summed E-state index contributed by atoms with van der Waals surface area (Å²) in [5.74, 6) is -2.13. The Hall–Kier alpha value is -3.10. The Balaban J connectivity index is 2.14. The van der Waals surface area contributed by atoms with Crippen LogP contribution in [0.25, 0.3) is 0 Å². The van der Waals surface area contributed by atoms with E-state index in [0.717, 1.165) is 18.2 Å². The number of hydrogen-bond donors (Lipinski definition) is 3. The van der Waals surface area contributed by atoms with Crippen molar-refractivity contribution in [3.05, 3.63) is 42.0 Å². The van der Waals surface area contributed by atoms with Gasteiger partial charge >= 0.3 is 12.0 Å². The maximum absolute atomic E-state index is 13.0. The largest absolute Gasteiger partial charge is 0.478 e. The first-order chi connectivity index (χ1) is 9.56. The van der Waals surface area contributed by atoms with Crippen LogP contribution in [0.1, 0.15) is 10.4 Å². The fourth-order valence-corrected chi connectivity index (χ4v) is 1.36. The summed E-state index contributed by atoms with van der Waals surface area (Å²) in [5.41, 5.74) is -0.424. The van der Waals surface area contributed by atoms with E-state index in [1.807, 2.05) is 0 Å². The molecule has 9 heteroatoms. The summed E-state index contributed by atoms with van der Waals surface area (Å²) >= 11 is 0. The fourth-order valence-electron chi connectivity index (χ4n) is 1.36. The summed E-state index contributed by atoms with van der Waals surface area (Å²) in [6.07, 6.45) is 2.65. The van der Waals surface area contributed by atoms with Crippen molar-refractivity contribution in [1.82, 2.24) is 15.2 Å². The Morgan fingerprint density at radius 3 is 2.65 bits per heavy atom. The van der Waals surface area contributed by atoms with E-state index in [1.165, 1.54) is 12.4 Å². The molecule has 0 fully saturated rings. The topological polar surface area (TPSA) is 117 Å². The van der Waals surface area contributed by atoms with Crippen LogP contribution in [0.3, 0.4) is 0 Å². The number of aromatic carboxylic acids is 1. The molecule has 0 aliphatic rings. The van der Waals surface area contributed by atoms with Gasteiger partial charge in [0.2, 0.25) is 0 Å². The maximum atomic E-state index is 13.0. The quantitative estimate of drug-likeness (QED) is 0.779. The molecule has 20 heavy (non-hydrogen) atoms. The van der Waals surface area contributed by atoms with Crippen LogP contribution in [0.4, 0.5) is 20.8 Å². The number of rotatable bonds is 3. The van der Waals surface area contributed by atoms with Crippen LogP contribution in [0.5, 0.6) is 0 Å². The van der Waals surface area contributed by atoms with Gasteiger partial charge in [-0.15, -0.1) is 5.10 Å². The standard InChI is InChI=1S/C11H8FN5O3/c12-6-1-2-8(7(5-6)9(18)19)15-11(20)16-10-13-3-4-14-17-10/h1-5H,(H,18,19)(H2,13,15,16,17,20). The highest BCUT2D eigenvalue weighted by Gasteiger charge is 2.14. The molecule has 3 N–H and O–H groups in total. The summed E-state index contributed by atoms with van der Waals surface area (Å²) in [4.78, 5) is 26.3. The van der Waals surface area contributed by atoms with Gasteiger partial charge < -0.3 is 10.4 Å². The van der Waals surface area contributed by atoms with Crippen molar-refractivity contribution in [2.24, 2.45) is 0 Å². The molecule has 0 unspecified atom stereocenters. The molecular weight excluding hydrogens is 269 g/mol. The molecule has 8 nitrogen and oxygen atoms in total. The molecular formula is C11H8FN5O3. The van der Waals surface area contributed by atoms with Gasteiger partial charge in [0.1, 0.15) is 5.82 Å². The van der Waals surface area contributed by atoms with Crippen LogP contribution in [0.2, 0.25) is 0 Å². The summed E-state index contributed by atoms with van der Waals surface area (Å²) in [6.45, 7) is 0. The Morgan fingerprint density at radius 2 is 2.00 bits per heavy atom. The third-order valence-electron chi connectivity index (χ3n) is 2.17. The molecule has 1 heterocycles. The van der Waals surface area contributed by atoms with E-state index in [-0.39, 0.29) is 17.2 Å². The van der Waals surface area contributed by atoms with Gasteiger partial charge in [-0.3, -0.25) is 5.32 Å². The summed E-state index contributed by atoms with van der Waals surface area (Å²) in [5, 5.41) is 20.5. The lowest BCUT2D eigenvalue weighted by Crippen LogP contribution is -2.22. The Kier molecular flexibility index (Phi) is 3.80. The second kappa shape index (κ2) is 5.69. The zero-order valence-electron chi connectivity index (χ0n) is 9.87. The molecule has 2 amide bonds. The van der Waals surface area contributed by atoms with E-state index in [4.69, 9.17) is 5.11 Å². The maximum Gasteiger partial charge on any atom is 0.337 e. The monoisotopic (exact) mass is 277 g/mol. The second-order valence-corrected chi connectivity index (χ2v) is 3.54. The van der Waals surface area contributed by atoms with E-state index in [1.54, 1.807) is 0 Å². The van der Waals surface area contributed by atoms with Gasteiger partial charge in [0.15, 0.2) is 0 Å². The van der Waals surface area contributed by atoms with Gasteiger partial charge in [-0.2, -0.15) is 5.10 Å². The molecule has 0 atom stereocenters. The van der Waals surface area contributed by atoms with Crippen molar-refractivity contribution in [2.75, 3.05) is 10.6 Å². The molecule has 0 bridgehead atoms. The predicted molar refractivity (Wildman–Crippen MR) is 65.8 cm³/mol. The minimum Gasteiger partial charge on any atom is -0.478 e. The molecule has 0 spiro atoms. The number of nitrogens with one attached hydrogen (secondary N) is 2. The molecule has 0 saturated heterocycles. The molecule has 0 radical (unpaired) electrons. The van der Waals surface area contributed by atoms with Gasteiger partial charge in [0.25, 0.3) is 5.95 Å². The van der Waals surface area contributed by atoms with Crippen LogP contribution in [-0.4, -0.2) is 32.3 Å². The number of carboxylic acid groups (broad SMARTS) is 1. The van der Waals surface area contributed by atoms with Gasteiger partial charge in [-0.1, -0.05) is 0 Å². The number of benzene rings is 1. The molecule has 102 valence electrons. The first-order valence-corrected chi connectivity index (χ1v) is 5.31. The van der Waals surface area contributed by atoms with Crippen molar-refractivity contribution < 1.29 is 19.1 Å². The van der Waals surface area contributed by atoms with Gasteiger partial charge in [-0.05, 0) is 18.2 Å². The van der Waals surface area contributed by atoms with Crippen molar-refractivity contribution >= 4 is 23.6 Å². The number of hydrogen-bond acceptors (Lipinski definition) is 5.